The summed E-state index contributed by atoms with van der Waals surface area (Å²) in [6, 6.07) is 13.2. The van der Waals surface area contributed by atoms with Crippen molar-refractivity contribution in [2.45, 2.75) is 0 Å². The third kappa shape index (κ3) is 3.96. The summed E-state index contributed by atoms with van der Waals surface area (Å²) in [6.45, 7) is 0. The number of nitrogens with one attached hydrogen (secondary N) is 2. The Balaban J connectivity index is 1.71. The predicted molar refractivity (Wildman–Crippen MR) is 96.2 cm³/mol. The zero-order chi connectivity index (χ0) is 17.8. The van der Waals surface area contributed by atoms with E-state index in [4.69, 9.17) is 17.3 Å². The molecule has 0 aliphatic rings. The fourth-order valence-corrected chi connectivity index (χ4v) is 2.36. The van der Waals surface area contributed by atoms with Gasteiger partial charge in [0.2, 0.25) is 5.91 Å². The van der Waals surface area contributed by atoms with Crippen molar-refractivity contribution in [3.8, 4) is 5.69 Å². The van der Waals surface area contributed by atoms with Crippen LogP contribution in [0.1, 0.15) is 10.4 Å². The van der Waals surface area contributed by atoms with Crippen LogP contribution in [0.5, 0.6) is 0 Å². The van der Waals surface area contributed by atoms with Crippen molar-refractivity contribution in [3.05, 3.63) is 71.5 Å². The Hall–Kier alpha value is -3.32. The molecule has 8 heteroatoms. The molecule has 0 aliphatic carbocycles. The van der Waals surface area contributed by atoms with Crippen LogP contribution < -0.4 is 16.4 Å². The maximum Gasteiger partial charge on any atom is 0.323 e. The summed E-state index contributed by atoms with van der Waals surface area (Å²) in [5, 5.41) is 9.91. The molecule has 3 amide bonds. The summed E-state index contributed by atoms with van der Waals surface area (Å²) in [5.74, 6) is -0.522. The van der Waals surface area contributed by atoms with Gasteiger partial charge in [-0.3, -0.25) is 4.79 Å². The van der Waals surface area contributed by atoms with Gasteiger partial charge in [-0.15, -0.1) is 0 Å². The van der Waals surface area contributed by atoms with Crippen LogP contribution in [0, 0.1) is 0 Å². The molecule has 3 aromatic rings. The molecule has 0 bridgehead atoms. The average Bonchev–Trinajstić information content (AvgIpc) is 3.05. The molecule has 2 aromatic carbocycles. The molecule has 1 heterocycles. The molecule has 0 unspecified atom stereocenters. The number of amides is 3. The highest BCUT2D eigenvalue weighted by atomic mass is 35.5. The fourth-order valence-electron chi connectivity index (χ4n) is 2.18. The number of nitrogens with zero attached hydrogens (tertiary/aromatic N) is 2. The van der Waals surface area contributed by atoms with Gasteiger partial charge >= 0.3 is 6.03 Å². The fraction of sp³-hybridized carbons (Fsp3) is 0. The monoisotopic (exact) mass is 355 g/mol. The molecule has 0 fully saturated rings. The van der Waals surface area contributed by atoms with E-state index in [0.717, 1.165) is 0 Å². The molecule has 25 heavy (non-hydrogen) atoms. The number of aromatic nitrogens is 2. The second kappa shape index (κ2) is 7.06. The van der Waals surface area contributed by atoms with E-state index in [-0.39, 0.29) is 0 Å². The van der Waals surface area contributed by atoms with E-state index in [1.54, 1.807) is 54.7 Å². The summed E-state index contributed by atoms with van der Waals surface area (Å²) in [4.78, 5) is 23.3. The first-order valence-electron chi connectivity index (χ1n) is 7.30. The predicted octanol–water partition coefficient (Wildman–Crippen LogP) is 3.27. The Morgan fingerprint density at radius 2 is 1.88 bits per heavy atom. The number of primary amides is 1. The van der Waals surface area contributed by atoms with E-state index in [1.807, 2.05) is 0 Å². The molecule has 4 N–H and O–H groups in total. The minimum absolute atomic E-state index is 0.374. The maximum atomic E-state index is 12.0. The molecule has 7 nitrogen and oxygen atoms in total. The number of hydrogen-bond donors (Lipinski definition) is 3. The number of hydrogen-bond acceptors (Lipinski definition) is 3. The molecular weight excluding hydrogens is 342 g/mol. The molecule has 1 aromatic heterocycles. The third-order valence-electron chi connectivity index (χ3n) is 3.36. The first-order chi connectivity index (χ1) is 12.0. The summed E-state index contributed by atoms with van der Waals surface area (Å²) in [6.07, 6.45) is 3.11. The number of carbonyl (C=O) groups is 2. The second-order valence-electron chi connectivity index (χ2n) is 5.15. The van der Waals surface area contributed by atoms with Gasteiger partial charge in [-0.05, 0) is 30.3 Å². The molecule has 0 saturated carbocycles. The van der Waals surface area contributed by atoms with Gasteiger partial charge in [-0.2, -0.15) is 5.10 Å². The quantitative estimate of drug-likeness (QED) is 0.669. The minimum Gasteiger partial charge on any atom is -0.366 e. The van der Waals surface area contributed by atoms with Crippen LogP contribution in [-0.4, -0.2) is 21.7 Å². The second-order valence-corrected chi connectivity index (χ2v) is 5.55. The van der Waals surface area contributed by atoms with E-state index in [9.17, 15) is 9.59 Å². The van der Waals surface area contributed by atoms with E-state index in [0.29, 0.717) is 27.6 Å². The SMILES string of the molecule is NC(=O)c1cccc(-n2cc(NC(=O)Nc3ccccc3Cl)cn2)c1. The zero-order valence-corrected chi connectivity index (χ0v) is 13.7. The van der Waals surface area contributed by atoms with Gasteiger partial charge < -0.3 is 16.4 Å². The minimum atomic E-state index is -0.522. The summed E-state index contributed by atoms with van der Waals surface area (Å²) >= 11 is 6.00. The molecule has 0 spiro atoms. The lowest BCUT2D eigenvalue weighted by Gasteiger charge is -2.07. The normalized spacial score (nSPS) is 10.3. The third-order valence-corrected chi connectivity index (χ3v) is 3.69. The number of halogens is 1. The van der Waals surface area contributed by atoms with E-state index >= 15 is 0 Å². The van der Waals surface area contributed by atoms with Crippen molar-refractivity contribution >= 4 is 34.9 Å². The van der Waals surface area contributed by atoms with Crippen LogP contribution in [0.2, 0.25) is 5.02 Å². The summed E-state index contributed by atoms with van der Waals surface area (Å²) in [7, 11) is 0. The highest BCUT2D eigenvalue weighted by Gasteiger charge is 2.08. The highest BCUT2D eigenvalue weighted by molar-refractivity contribution is 6.33. The lowest BCUT2D eigenvalue weighted by atomic mass is 10.2. The number of carbonyl (C=O) groups excluding carboxylic acids is 2. The van der Waals surface area contributed by atoms with Gasteiger partial charge in [-0.1, -0.05) is 29.8 Å². The Morgan fingerprint density at radius 1 is 1.08 bits per heavy atom. The summed E-state index contributed by atoms with van der Waals surface area (Å²) in [5.41, 5.74) is 7.28. The molecule has 126 valence electrons. The largest absolute Gasteiger partial charge is 0.366 e. The van der Waals surface area contributed by atoms with Crippen LogP contribution in [0.4, 0.5) is 16.2 Å². The smallest absolute Gasteiger partial charge is 0.323 e. The van der Waals surface area contributed by atoms with Gasteiger partial charge in [0.05, 0.1) is 34.5 Å². The van der Waals surface area contributed by atoms with Gasteiger partial charge in [0, 0.05) is 5.56 Å². The molecule has 3 rings (SSSR count). The van der Waals surface area contributed by atoms with Crippen LogP contribution >= 0.6 is 11.6 Å². The molecule has 0 saturated heterocycles. The van der Waals surface area contributed by atoms with Crippen LogP contribution in [0.15, 0.2) is 60.9 Å². The van der Waals surface area contributed by atoms with E-state index < -0.39 is 11.9 Å². The van der Waals surface area contributed by atoms with Crippen molar-refractivity contribution in [2.24, 2.45) is 5.73 Å². The number of para-hydroxylation sites is 1. The van der Waals surface area contributed by atoms with E-state index in [1.165, 1.54) is 10.9 Å². The lowest BCUT2D eigenvalue weighted by Crippen LogP contribution is -2.19. The molecule has 0 atom stereocenters. The number of benzene rings is 2. The Kier molecular flexibility index (Phi) is 4.67. The Morgan fingerprint density at radius 3 is 2.64 bits per heavy atom. The van der Waals surface area contributed by atoms with Crippen molar-refractivity contribution in [1.82, 2.24) is 9.78 Å². The number of urea groups is 1. The van der Waals surface area contributed by atoms with Crippen molar-refractivity contribution in [3.63, 3.8) is 0 Å². The van der Waals surface area contributed by atoms with Gasteiger partial charge in [0.25, 0.3) is 0 Å². The standard InChI is InChI=1S/C17H14ClN5O2/c18-14-6-1-2-7-15(14)22-17(25)21-12-9-20-23(10-12)13-5-3-4-11(8-13)16(19)24/h1-10H,(H2,19,24)(H2,21,22,25). The zero-order valence-electron chi connectivity index (χ0n) is 12.9. The Bertz CT molecular complexity index is 938. The average molecular weight is 356 g/mol. The van der Waals surface area contributed by atoms with Crippen LogP contribution in [0.25, 0.3) is 5.69 Å². The first kappa shape index (κ1) is 16.5. The number of anilines is 2. The van der Waals surface area contributed by atoms with Crippen molar-refractivity contribution in [1.29, 1.82) is 0 Å². The molecule has 0 radical (unpaired) electrons. The van der Waals surface area contributed by atoms with Crippen LogP contribution in [-0.2, 0) is 0 Å². The number of nitrogens with two attached hydrogens (primary N) is 1. The maximum absolute atomic E-state index is 12.0. The van der Waals surface area contributed by atoms with Gasteiger partial charge in [-0.25, -0.2) is 9.48 Å². The van der Waals surface area contributed by atoms with E-state index in [2.05, 4.69) is 15.7 Å². The summed E-state index contributed by atoms with van der Waals surface area (Å²) < 4.78 is 1.53. The topological polar surface area (TPSA) is 102 Å². The van der Waals surface area contributed by atoms with Crippen LogP contribution in [0.3, 0.4) is 0 Å². The van der Waals surface area contributed by atoms with Gasteiger partial charge in [0.1, 0.15) is 0 Å². The van der Waals surface area contributed by atoms with Crippen molar-refractivity contribution < 1.29 is 9.59 Å². The lowest BCUT2D eigenvalue weighted by molar-refractivity contribution is 0.1000. The highest BCUT2D eigenvalue weighted by Crippen LogP contribution is 2.21. The first-order valence-corrected chi connectivity index (χ1v) is 7.68. The number of rotatable bonds is 4. The molecular formula is C17H14ClN5O2. The molecule has 0 aliphatic heterocycles. The Labute approximate surface area is 148 Å². The van der Waals surface area contributed by atoms with Gasteiger partial charge in [0.15, 0.2) is 0 Å². The van der Waals surface area contributed by atoms with Crippen molar-refractivity contribution in [2.75, 3.05) is 10.6 Å².